The van der Waals surface area contributed by atoms with Crippen LogP contribution in [-0.2, 0) is 15.3 Å². The Balaban J connectivity index is 2.15. The second kappa shape index (κ2) is 11.9. The Bertz CT molecular complexity index is 366. The molecule has 120 valence electrons. The zero-order valence-electron chi connectivity index (χ0n) is 13.4. The number of benzene rings is 1. The maximum absolute atomic E-state index is 13.1. The SMILES string of the molecule is CCCO[SiH](CCCCCc1cccc(F)c1)OCCC. The highest BCUT2D eigenvalue weighted by atomic mass is 28.3. The first-order valence-corrected chi connectivity index (χ1v) is 9.99. The summed E-state index contributed by atoms with van der Waals surface area (Å²) in [7, 11) is -1.45. The van der Waals surface area contributed by atoms with E-state index >= 15 is 0 Å². The molecule has 0 amide bonds. The minimum atomic E-state index is -1.45. The average molecular weight is 313 g/mol. The van der Waals surface area contributed by atoms with Gasteiger partial charge in [0.1, 0.15) is 5.82 Å². The number of hydrogen-bond acceptors (Lipinski definition) is 2. The standard InChI is InChI=1S/C17H29FO2Si/c1-3-12-19-21(20-13-4-2)14-7-5-6-9-16-10-8-11-17(18)15-16/h8,10-11,15,21H,3-7,9,12-14H2,1-2H3. The molecule has 0 spiro atoms. The fourth-order valence-electron chi connectivity index (χ4n) is 2.22. The molecule has 0 atom stereocenters. The van der Waals surface area contributed by atoms with E-state index in [4.69, 9.17) is 8.85 Å². The number of halogens is 1. The van der Waals surface area contributed by atoms with Gasteiger partial charge in [-0.05, 0) is 49.4 Å². The Morgan fingerprint density at radius 1 is 1.00 bits per heavy atom. The van der Waals surface area contributed by atoms with E-state index < -0.39 is 9.28 Å². The zero-order valence-corrected chi connectivity index (χ0v) is 14.6. The average Bonchev–Trinajstić information content (AvgIpc) is 2.49. The third kappa shape index (κ3) is 9.01. The van der Waals surface area contributed by atoms with Crippen molar-refractivity contribution >= 4 is 9.28 Å². The largest absolute Gasteiger partial charge is 0.397 e. The highest BCUT2D eigenvalue weighted by molar-refractivity contribution is 6.44. The van der Waals surface area contributed by atoms with E-state index in [1.807, 2.05) is 6.07 Å². The summed E-state index contributed by atoms with van der Waals surface area (Å²) in [5.41, 5.74) is 1.09. The molecule has 1 aromatic carbocycles. The van der Waals surface area contributed by atoms with Crippen LogP contribution in [-0.4, -0.2) is 22.5 Å². The summed E-state index contributed by atoms with van der Waals surface area (Å²) in [5, 5.41) is 0. The Morgan fingerprint density at radius 2 is 1.71 bits per heavy atom. The quantitative estimate of drug-likeness (QED) is 0.414. The van der Waals surface area contributed by atoms with Crippen LogP contribution < -0.4 is 0 Å². The molecule has 0 saturated carbocycles. The van der Waals surface area contributed by atoms with Crippen molar-refractivity contribution in [2.45, 2.75) is 58.4 Å². The second-order valence-electron chi connectivity index (χ2n) is 5.40. The number of rotatable bonds is 12. The fraction of sp³-hybridized carbons (Fsp3) is 0.647. The molecule has 0 heterocycles. The van der Waals surface area contributed by atoms with Gasteiger partial charge in [0, 0.05) is 13.2 Å². The van der Waals surface area contributed by atoms with Gasteiger partial charge in [0.2, 0.25) is 0 Å². The first kappa shape index (κ1) is 18.3. The monoisotopic (exact) mass is 312 g/mol. The Hall–Kier alpha value is -0.713. The summed E-state index contributed by atoms with van der Waals surface area (Å²) in [6.45, 7) is 5.91. The van der Waals surface area contributed by atoms with Crippen molar-refractivity contribution < 1.29 is 13.2 Å². The molecule has 1 rings (SSSR count). The first-order chi connectivity index (χ1) is 10.3. The van der Waals surface area contributed by atoms with E-state index in [0.717, 1.165) is 63.3 Å². The molecule has 2 nitrogen and oxygen atoms in total. The van der Waals surface area contributed by atoms with E-state index in [1.165, 1.54) is 6.07 Å². The molecule has 4 heteroatoms. The third-order valence-corrected chi connectivity index (χ3v) is 5.40. The fourth-order valence-corrected chi connectivity index (χ4v) is 4.27. The van der Waals surface area contributed by atoms with Gasteiger partial charge in [-0.1, -0.05) is 38.8 Å². The van der Waals surface area contributed by atoms with Crippen LogP contribution in [0.3, 0.4) is 0 Å². The lowest BCUT2D eigenvalue weighted by atomic mass is 10.1. The van der Waals surface area contributed by atoms with Crippen molar-refractivity contribution in [3.63, 3.8) is 0 Å². The van der Waals surface area contributed by atoms with Crippen molar-refractivity contribution in [3.8, 4) is 0 Å². The third-order valence-electron chi connectivity index (χ3n) is 3.31. The van der Waals surface area contributed by atoms with E-state index in [2.05, 4.69) is 13.8 Å². The van der Waals surface area contributed by atoms with Crippen LogP contribution in [0.25, 0.3) is 0 Å². The van der Waals surface area contributed by atoms with Gasteiger partial charge in [-0.3, -0.25) is 0 Å². The predicted octanol–water partition coefficient (Wildman–Crippen LogP) is 4.61. The predicted molar refractivity (Wildman–Crippen MR) is 88.4 cm³/mol. The minimum Gasteiger partial charge on any atom is -0.397 e. The van der Waals surface area contributed by atoms with E-state index in [9.17, 15) is 4.39 Å². The summed E-state index contributed by atoms with van der Waals surface area (Å²) in [6.07, 6.45) is 6.48. The highest BCUT2D eigenvalue weighted by Crippen LogP contribution is 2.12. The lowest BCUT2D eigenvalue weighted by molar-refractivity contribution is 0.195. The summed E-state index contributed by atoms with van der Waals surface area (Å²) < 4.78 is 24.7. The van der Waals surface area contributed by atoms with Gasteiger partial charge in [0.05, 0.1) is 0 Å². The zero-order chi connectivity index (χ0) is 15.3. The normalized spacial score (nSPS) is 11.2. The van der Waals surface area contributed by atoms with Gasteiger partial charge < -0.3 is 8.85 Å². The van der Waals surface area contributed by atoms with Gasteiger partial charge in [0.25, 0.3) is 0 Å². The molecule has 0 bridgehead atoms. The van der Waals surface area contributed by atoms with Gasteiger partial charge in [0.15, 0.2) is 0 Å². The lowest BCUT2D eigenvalue weighted by Gasteiger charge is -2.16. The number of aryl methyl sites for hydroxylation is 1. The molecular formula is C17H29FO2Si. The van der Waals surface area contributed by atoms with Crippen LogP contribution in [0.2, 0.25) is 6.04 Å². The Kier molecular flexibility index (Phi) is 10.4. The van der Waals surface area contributed by atoms with Gasteiger partial charge in [-0.25, -0.2) is 4.39 Å². The molecular weight excluding hydrogens is 283 g/mol. The second-order valence-corrected chi connectivity index (χ2v) is 7.50. The van der Waals surface area contributed by atoms with E-state index in [-0.39, 0.29) is 5.82 Å². The minimum absolute atomic E-state index is 0.138. The van der Waals surface area contributed by atoms with Crippen LogP contribution >= 0.6 is 0 Å². The number of hydrogen-bond donors (Lipinski definition) is 0. The van der Waals surface area contributed by atoms with Gasteiger partial charge in [-0.2, -0.15) is 0 Å². The Morgan fingerprint density at radius 3 is 2.33 bits per heavy atom. The molecule has 0 saturated heterocycles. The van der Waals surface area contributed by atoms with Crippen LogP contribution in [0, 0.1) is 5.82 Å². The van der Waals surface area contributed by atoms with Crippen LogP contribution in [0.4, 0.5) is 4.39 Å². The maximum Gasteiger partial charge on any atom is 0.321 e. The molecule has 0 aliphatic rings. The van der Waals surface area contributed by atoms with Crippen molar-refractivity contribution in [1.82, 2.24) is 0 Å². The van der Waals surface area contributed by atoms with Crippen molar-refractivity contribution in [2.75, 3.05) is 13.2 Å². The molecule has 0 aliphatic carbocycles. The van der Waals surface area contributed by atoms with E-state index in [0.29, 0.717) is 0 Å². The highest BCUT2D eigenvalue weighted by Gasteiger charge is 2.12. The molecule has 0 fully saturated rings. The van der Waals surface area contributed by atoms with Gasteiger partial charge in [-0.15, -0.1) is 0 Å². The molecule has 0 unspecified atom stereocenters. The smallest absolute Gasteiger partial charge is 0.321 e. The summed E-state index contributed by atoms with van der Waals surface area (Å²) in [4.78, 5) is 0. The summed E-state index contributed by atoms with van der Waals surface area (Å²) in [6, 6.07) is 7.99. The van der Waals surface area contributed by atoms with Crippen LogP contribution in [0.15, 0.2) is 24.3 Å². The van der Waals surface area contributed by atoms with Crippen molar-refractivity contribution in [2.24, 2.45) is 0 Å². The Labute approximate surface area is 130 Å². The molecule has 0 aliphatic heterocycles. The molecule has 1 aromatic rings. The van der Waals surface area contributed by atoms with Crippen molar-refractivity contribution in [3.05, 3.63) is 35.6 Å². The van der Waals surface area contributed by atoms with Gasteiger partial charge >= 0.3 is 9.28 Å². The molecule has 21 heavy (non-hydrogen) atoms. The molecule has 0 radical (unpaired) electrons. The van der Waals surface area contributed by atoms with Crippen LogP contribution in [0.5, 0.6) is 0 Å². The number of unbranched alkanes of at least 4 members (excludes halogenated alkanes) is 2. The topological polar surface area (TPSA) is 18.5 Å². The summed E-state index contributed by atoms with van der Waals surface area (Å²) >= 11 is 0. The lowest BCUT2D eigenvalue weighted by Crippen LogP contribution is -2.23. The molecule has 0 N–H and O–H groups in total. The molecule has 0 aromatic heterocycles. The maximum atomic E-state index is 13.1. The first-order valence-electron chi connectivity index (χ1n) is 8.24. The summed E-state index contributed by atoms with van der Waals surface area (Å²) in [5.74, 6) is -0.138. The van der Waals surface area contributed by atoms with Crippen molar-refractivity contribution in [1.29, 1.82) is 0 Å². The van der Waals surface area contributed by atoms with E-state index in [1.54, 1.807) is 12.1 Å². The van der Waals surface area contributed by atoms with Crippen LogP contribution in [0.1, 0.15) is 51.5 Å².